The summed E-state index contributed by atoms with van der Waals surface area (Å²) < 4.78 is 5.66. The summed E-state index contributed by atoms with van der Waals surface area (Å²) in [7, 11) is 1.82. The molecule has 3 nitrogen and oxygen atoms in total. The highest BCUT2D eigenvalue weighted by molar-refractivity contribution is 6.30. The molecule has 0 atom stereocenters. The smallest absolute Gasteiger partial charge is 0.127 e. The number of hydrogen-bond acceptors (Lipinski definition) is 3. The lowest BCUT2D eigenvalue weighted by Gasteiger charge is -2.07. The summed E-state index contributed by atoms with van der Waals surface area (Å²) in [6, 6.07) is 14.9. The van der Waals surface area contributed by atoms with Gasteiger partial charge in [0.1, 0.15) is 11.5 Å². The van der Waals surface area contributed by atoms with Crippen LogP contribution in [0.3, 0.4) is 0 Å². The van der Waals surface area contributed by atoms with Crippen molar-refractivity contribution in [2.24, 2.45) is 0 Å². The number of anilines is 1. The first-order valence-corrected chi connectivity index (χ1v) is 5.62. The zero-order chi connectivity index (χ0) is 12.1. The van der Waals surface area contributed by atoms with Crippen LogP contribution in [0.25, 0.3) is 0 Å². The van der Waals surface area contributed by atoms with Gasteiger partial charge in [-0.15, -0.1) is 0 Å². The number of ether oxygens (including phenoxy) is 1. The van der Waals surface area contributed by atoms with Crippen LogP contribution in [-0.4, -0.2) is 7.05 Å². The first-order chi connectivity index (χ1) is 8.28. The minimum absolute atomic E-state index is 0.700. The lowest BCUT2D eigenvalue weighted by Crippen LogP contribution is -2.14. The van der Waals surface area contributed by atoms with Crippen molar-refractivity contribution in [1.82, 2.24) is 5.43 Å². The number of hydrazine groups is 1. The third-order valence-electron chi connectivity index (χ3n) is 2.17. The van der Waals surface area contributed by atoms with Gasteiger partial charge in [0.05, 0.1) is 0 Å². The molecule has 0 saturated carbocycles. The SMILES string of the molecule is CNNc1ccc(Oc2ccc(Cl)cc2)cc1. The van der Waals surface area contributed by atoms with E-state index in [1.54, 1.807) is 12.1 Å². The number of rotatable bonds is 4. The Morgan fingerprint density at radius 1 is 0.882 bits per heavy atom. The molecule has 0 spiro atoms. The van der Waals surface area contributed by atoms with E-state index in [1.165, 1.54) is 0 Å². The maximum Gasteiger partial charge on any atom is 0.127 e. The Balaban J connectivity index is 2.05. The van der Waals surface area contributed by atoms with Gasteiger partial charge in [-0.1, -0.05) is 11.6 Å². The lowest BCUT2D eigenvalue weighted by molar-refractivity contribution is 0.483. The normalized spacial score (nSPS) is 10.0. The third kappa shape index (κ3) is 3.37. The summed E-state index contributed by atoms with van der Waals surface area (Å²) >= 11 is 5.80. The van der Waals surface area contributed by atoms with Gasteiger partial charge >= 0.3 is 0 Å². The van der Waals surface area contributed by atoms with Crippen molar-refractivity contribution in [1.29, 1.82) is 0 Å². The number of halogens is 1. The average Bonchev–Trinajstić information content (AvgIpc) is 2.35. The predicted octanol–water partition coefficient (Wildman–Crippen LogP) is 3.68. The fourth-order valence-electron chi connectivity index (χ4n) is 1.39. The number of hydrogen-bond donors (Lipinski definition) is 2. The molecule has 2 rings (SSSR count). The van der Waals surface area contributed by atoms with Gasteiger partial charge in [0.2, 0.25) is 0 Å². The van der Waals surface area contributed by atoms with Gasteiger partial charge < -0.3 is 10.2 Å². The maximum atomic E-state index is 5.80. The molecule has 0 saturated heterocycles. The average molecular weight is 249 g/mol. The van der Waals surface area contributed by atoms with Gasteiger partial charge in [-0.05, 0) is 48.5 Å². The van der Waals surface area contributed by atoms with E-state index in [2.05, 4.69) is 10.9 Å². The molecule has 0 aromatic heterocycles. The molecule has 0 amide bonds. The quantitative estimate of drug-likeness (QED) is 0.810. The van der Waals surface area contributed by atoms with Gasteiger partial charge in [-0.25, -0.2) is 5.43 Å². The highest BCUT2D eigenvalue weighted by Gasteiger charge is 1.97. The Morgan fingerprint density at radius 2 is 1.41 bits per heavy atom. The van der Waals surface area contributed by atoms with E-state index in [4.69, 9.17) is 16.3 Å². The van der Waals surface area contributed by atoms with Crippen LogP contribution in [0.15, 0.2) is 48.5 Å². The molecule has 0 bridgehead atoms. The maximum absolute atomic E-state index is 5.80. The largest absolute Gasteiger partial charge is 0.457 e. The van der Waals surface area contributed by atoms with Crippen molar-refractivity contribution in [2.75, 3.05) is 12.5 Å². The molecule has 2 N–H and O–H groups in total. The van der Waals surface area contributed by atoms with Crippen LogP contribution in [0, 0.1) is 0 Å². The van der Waals surface area contributed by atoms with Crippen LogP contribution in [0.1, 0.15) is 0 Å². The Kier molecular flexibility index (Phi) is 3.85. The second-order valence-corrected chi connectivity index (χ2v) is 3.89. The third-order valence-corrected chi connectivity index (χ3v) is 2.42. The molecule has 0 aliphatic carbocycles. The van der Waals surface area contributed by atoms with Gasteiger partial charge in [-0.3, -0.25) is 0 Å². The van der Waals surface area contributed by atoms with Crippen molar-refractivity contribution in [2.45, 2.75) is 0 Å². The van der Waals surface area contributed by atoms with Crippen molar-refractivity contribution in [3.63, 3.8) is 0 Å². The van der Waals surface area contributed by atoms with E-state index in [0.717, 1.165) is 17.2 Å². The van der Waals surface area contributed by atoms with Gasteiger partial charge in [0.15, 0.2) is 0 Å². The summed E-state index contributed by atoms with van der Waals surface area (Å²) in [5, 5.41) is 0.700. The van der Waals surface area contributed by atoms with Crippen LogP contribution in [0.4, 0.5) is 5.69 Å². The van der Waals surface area contributed by atoms with Gasteiger partial charge in [-0.2, -0.15) is 0 Å². The summed E-state index contributed by atoms with van der Waals surface area (Å²) in [5.41, 5.74) is 6.82. The zero-order valence-electron chi connectivity index (χ0n) is 9.41. The van der Waals surface area contributed by atoms with Crippen molar-refractivity contribution < 1.29 is 4.74 Å². The molecule has 0 fully saturated rings. The summed E-state index contributed by atoms with van der Waals surface area (Å²) in [4.78, 5) is 0. The molecule has 0 heterocycles. The number of benzene rings is 2. The molecule has 0 unspecified atom stereocenters. The summed E-state index contributed by atoms with van der Waals surface area (Å²) in [5.74, 6) is 1.55. The van der Waals surface area contributed by atoms with Crippen molar-refractivity contribution in [3.8, 4) is 11.5 Å². The van der Waals surface area contributed by atoms with Crippen LogP contribution in [-0.2, 0) is 0 Å². The van der Waals surface area contributed by atoms with Gasteiger partial charge in [0, 0.05) is 17.8 Å². The van der Waals surface area contributed by atoms with Crippen LogP contribution in [0.5, 0.6) is 11.5 Å². The molecule has 0 radical (unpaired) electrons. The monoisotopic (exact) mass is 248 g/mol. The molecule has 0 aliphatic rings. The first-order valence-electron chi connectivity index (χ1n) is 5.24. The lowest BCUT2D eigenvalue weighted by atomic mass is 10.3. The van der Waals surface area contributed by atoms with E-state index in [-0.39, 0.29) is 0 Å². The summed E-state index contributed by atoms with van der Waals surface area (Å²) in [6.45, 7) is 0. The zero-order valence-corrected chi connectivity index (χ0v) is 10.2. The topological polar surface area (TPSA) is 33.3 Å². The molecule has 88 valence electrons. The minimum atomic E-state index is 0.700. The summed E-state index contributed by atoms with van der Waals surface area (Å²) in [6.07, 6.45) is 0. The Hall–Kier alpha value is -1.71. The molecule has 0 aliphatic heterocycles. The Morgan fingerprint density at radius 3 is 1.94 bits per heavy atom. The van der Waals surface area contributed by atoms with E-state index in [9.17, 15) is 0 Å². The van der Waals surface area contributed by atoms with E-state index in [1.807, 2.05) is 43.4 Å². The van der Waals surface area contributed by atoms with E-state index >= 15 is 0 Å². The van der Waals surface area contributed by atoms with E-state index in [0.29, 0.717) is 5.02 Å². The van der Waals surface area contributed by atoms with Crippen molar-refractivity contribution in [3.05, 3.63) is 53.6 Å². The Labute approximate surface area is 105 Å². The molecule has 2 aromatic rings. The molecule has 2 aromatic carbocycles. The standard InChI is InChI=1S/C13H13ClN2O/c1-15-16-11-4-8-13(9-5-11)17-12-6-2-10(14)3-7-12/h2-9,15-16H,1H3. The fourth-order valence-corrected chi connectivity index (χ4v) is 1.52. The predicted molar refractivity (Wildman–Crippen MR) is 70.7 cm³/mol. The number of nitrogens with one attached hydrogen (secondary N) is 2. The molecule has 4 heteroatoms. The molecular formula is C13H13ClN2O. The van der Waals surface area contributed by atoms with Gasteiger partial charge in [0.25, 0.3) is 0 Å². The van der Waals surface area contributed by atoms with Crippen molar-refractivity contribution >= 4 is 17.3 Å². The molecular weight excluding hydrogens is 236 g/mol. The highest BCUT2D eigenvalue weighted by atomic mass is 35.5. The van der Waals surface area contributed by atoms with E-state index < -0.39 is 0 Å². The second-order valence-electron chi connectivity index (χ2n) is 3.46. The fraction of sp³-hybridized carbons (Fsp3) is 0.0769. The molecule has 17 heavy (non-hydrogen) atoms. The minimum Gasteiger partial charge on any atom is -0.457 e. The first kappa shape index (κ1) is 11.8. The Bertz CT molecular complexity index is 468. The highest BCUT2D eigenvalue weighted by Crippen LogP contribution is 2.24. The van der Waals surface area contributed by atoms with Crippen LogP contribution >= 0.6 is 11.6 Å². The second kappa shape index (κ2) is 5.57. The van der Waals surface area contributed by atoms with Crippen LogP contribution < -0.4 is 15.6 Å². The van der Waals surface area contributed by atoms with Crippen LogP contribution in [0.2, 0.25) is 5.02 Å².